The van der Waals surface area contributed by atoms with Crippen molar-refractivity contribution in [2.24, 2.45) is 0 Å². The fourth-order valence-corrected chi connectivity index (χ4v) is 4.48. The van der Waals surface area contributed by atoms with E-state index in [1.807, 2.05) is 0 Å². The molecule has 1 aromatic rings. The lowest BCUT2D eigenvalue weighted by Crippen LogP contribution is -2.29. The summed E-state index contributed by atoms with van der Waals surface area (Å²) < 4.78 is 28.5. The van der Waals surface area contributed by atoms with E-state index in [9.17, 15) is 8.42 Å². The predicted molar refractivity (Wildman–Crippen MR) is 59.7 cm³/mol. The highest BCUT2D eigenvalue weighted by molar-refractivity contribution is 7.87. The Bertz CT molecular complexity index is 430. The largest absolute Gasteiger partial charge is 0.508 e. The van der Waals surface area contributed by atoms with Gasteiger partial charge in [0.05, 0.1) is 4.90 Å². The summed E-state index contributed by atoms with van der Waals surface area (Å²) in [6, 6.07) is 5.29. The van der Waals surface area contributed by atoms with Gasteiger partial charge in [0.15, 0.2) is 0 Å². The number of aromatic hydroxyl groups is 1. The molecule has 0 fully saturated rings. The predicted octanol–water partition coefficient (Wildman–Crippen LogP) is 1.93. The van der Waals surface area contributed by atoms with Gasteiger partial charge in [-0.05, 0) is 43.9 Å². The molecule has 4 nitrogen and oxygen atoms in total. The van der Waals surface area contributed by atoms with E-state index in [4.69, 9.17) is 8.98 Å². The molecule has 1 aromatic carbocycles. The summed E-state index contributed by atoms with van der Waals surface area (Å²) >= 11 is 0. The van der Waals surface area contributed by atoms with Crippen LogP contribution >= 0.6 is 0 Å². The molecule has 0 saturated heterocycles. The van der Waals surface area contributed by atoms with E-state index < -0.39 is 18.4 Å². The maximum atomic E-state index is 11.7. The minimum Gasteiger partial charge on any atom is -0.508 e. The van der Waals surface area contributed by atoms with Crippen LogP contribution in [-0.2, 0) is 14.0 Å². The van der Waals surface area contributed by atoms with Gasteiger partial charge in [-0.25, -0.2) is 0 Å². The van der Waals surface area contributed by atoms with Crippen LogP contribution in [0, 0.1) is 0 Å². The highest BCUT2D eigenvalue weighted by Gasteiger charge is 2.25. The minimum atomic E-state index is -3.68. The van der Waals surface area contributed by atoms with Gasteiger partial charge in [-0.15, -0.1) is 0 Å². The van der Waals surface area contributed by atoms with Crippen molar-refractivity contribution in [1.82, 2.24) is 0 Å². The molecule has 15 heavy (non-hydrogen) atoms. The van der Waals surface area contributed by atoms with E-state index in [0.717, 1.165) is 0 Å². The number of phenolic OH excluding ortho intramolecular Hbond substituents is 1. The highest BCUT2D eigenvalue weighted by atomic mass is 32.2. The fourth-order valence-electron chi connectivity index (χ4n) is 0.990. The zero-order valence-corrected chi connectivity index (χ0v) is 10.7. The molecule has 0 spiro atoms. The Morgan fingerprint density at radius 2 is 1.60 bits per heavy atom. The third kappa shape index (κ3) is 3.65. The van der Waals surface area contributed by atoms with Crippen molar-refractivity contribution < 1.29 is 17.4 Å². The Hall–Kier alpha value is -0.853. The average molecular weight is 246 g/mol. The lowest BCUT2D eigenvalue weighted by atomic mass is 10.3. The lowest BCUT2D eigenvalue weighted by molar-refractivity contribution is 0.473. The maximum Gasteiger partial charge on any atom is 0.287 e. The van der Waals surface area contributed by atoms with Crippen molar-refractivity contribution in [3.8, 4) is 5.75 Å². The SMILES string of the molecule is C[Si](C)(C)OS(=O)(=O)c1ccc(O)cc1. The van der Waals surface area contributed by atoms with Crippen molar-refractivity contribution in [2.45, 2.75) is 24.5 Å². The summed E-state index contributed by atoms with van der Waals surface area (Å²) in [5.74, 6) is 0.0296. The summed E-state index contributed by atoms with van der Waals surface area (Å²) in [5, 5.41) is 9.03. The van der Waals surface area contributed by atoms with Crippen LogP contribution < -0.4 is 0 Å². The Balaban J connectivity index is 3.02. The molecule has 6 heteroatoms. The van der Waals surface area contributed by atoms with Gasteiger partial charge in [0, 0.05) is 0 Å². The molecule has 0 atom stereocenters. The Morgan fingerprint density at radius 3 is 2.00 bits per heavy atom. The van der Waals surface area contributed by atoms with Crippen LogP contribution in [0.3, 0.4) is 0 Å². The molecule has 0 unspecified atom stereocenters. The normalized spacial score (nSPS) is 12.7. The fraction of sp³-hybridized carbons (Fsp3) is 0.333. The molecule has 0 radical (unpaired) electrons. The Morgan fingerprint density at radius 1 is 1.13 bits per heavy atom. The summed E-state index contributed by atoms with van der Waals surface area (Å²) in [6.07, 6.45) is 0. The van der Waals surface area contributed by atoms with Crippen molar-refractivity contribution in [1.29, 1.82) is 0 Å². The van der Waals surface area contributed by atoms with Gasteiger partial charge in [0.2, 0.25) is 8.32 Å². The molecule has 0 heterocycles. The van der Waals surface area contributed by atoms with Crippen molar-refractivity contribution in [2.75, 3.05) is 0 Å². The summed E-state index contributed by atoms with van der Waals surface area (Å²) in [7, 11) is -5.82. The second kappa shape index (κ2) is 3.95. The topological polar surface area (TPSA) is 63.6 Å². The van der Waals surface area contributed by atoms with E-state index in [1.54, 1.807) is 19.6 Å². The number of hydrogen-bond donors (Lipinski definition) is 1. The summed E-state index contributed by atoms with van der Waals surface area (Å²) in [4.78, 5) is 0.0720. The monoisotopic (exact) mass is 246 g/mol. The number of benzene rings is 1. The van der Waals surface area contributed by atoms with Crippen LogP contribution in [0.1, 0.15) is 0 Å². The van der Waals surface area contributed by atoms with Crippen molar-refractivity contribution in [3.63, 3.8) is 0 Å². The molecular weight excluding hydrogens is 232 g/mol. The van der Waals surface area contributed by atoms with Crippen LogP contribution in [-0.4, -0.2) is 21.8 Å². The molecule has 1 N–H and O–H groups in total. The van der Waals surface area contributed by atoms with Crippen LogP contribution in [0.4, 0.5) is 0 Å². The van der Waals surface area contributed by atoms with Gasteiger partial charge in [-0.3, -0.25) is 0 Å². The highest BCUT2D eigenvalue weighted by Crippen LogP contribution is 2.19. The second-order valence-corrected chi connectivity index (χ2v) is 10.4. The van der Waals surface area contributed by atoms with E-state index in [-0.39, 0.29) is 10.6 Å². The van der Waals surface area contributed by atoms with Gasteiger partial charge >= 0.3 is 0 Å². The van der Waals surface area contributed by atoms with Gasteiger partial charge < -0.3 is 8.98 Å². The van der Waals surface area contributed by atoms with Crippen LogP contribution in [0.25, 0.3) is 0 Å². The molecule has 0 bridgehead atoms. The summed E-state index contributed by atoms with van der Waals surface area (Å²) in [5.41, 5.74) is 0. The van der Waals surface area contributed by atoms with Gasteiger partial charge in [0.25, 0.3) is 10.1 Å². The Kier molecular flexibility index (Phi) is 3.22. The third-order valence-corrected chi connectivity index (χ3v) is 5.21. The standard InChI is InChI=1S/C9H14O4SSi/c1-15(2,3)13-14(11,12)9-6-4-8(10)5-7-9/h4-7,10H,1-3H3. The first-order valence-electron chi connectivity index (χ1n) is 4.45. The van der Waals surface area contributed by atoms with Gasteiger partial charge in [-0.1, -0.05) is 0 Å². The van der Waals surface area contributed by atoms with Crippen LogP contribution in [0.2, 0.25) is 19.6 Å². The first-order valence-corrected chi connectivity index (χ1v) is 9.27. The molecule has 0 saturated carbocycles. The first kappa shape index (κ1) is 12.2. The molecule has 0 amide bonds. The molecule has 84 valence electrons. The number of rotatable bonds is 3. The first-order chi connectivity index (χ1) is 6.71. The Labute approximate surface area is 90.8 Å². The number of hydrogen-bond acceptors (Lipinski definition) is 4. The van der Waals surface area contributed by atoms with E-state index in [1.165, 1.54) is 24.3 Å². The molecule has 0 aromatic heterocycles. The van der Waals surface area contributed by atoms with Crippen LogP contribution in [0.15, 0.2) is 29.2 Å². The molecule has 0 aliphatic heterocycles. The van der Waals surface area contributed by atoms with Crippen molar-refractivity contribution >= 4 is 18.4 Å². The van der Waals surface area contributed by atoms with Crippen molar-refractivity contribution in [3.05, 3.63) is 24.3 Å². The quantitative estimate of drug-likeness (QED) is 0.828. The zero-order valence-electron chi connectivity index (χ0n) is 8.89. The molecule has 1 rings (SSSR count). The zero-order chi connectivity index (χ0) is 11.7. The lowest BCUT2D eigenvalue weighted by Gasteiger charge is -2.16. The minimum absolute atomic E-state index is 0.0296. The summed E-state index contributed by atoms with van der Waals surface area (Å²) in [6.45, 7) is 5.39. The molecular formula is C9H14O4SSi. The molecule has 0 aliphatic rings. The van der Waals surface area contributed by atoms with Gasteiger partial charge in [0.1, 0.15) is 5.75 Å². The maximum absolute atomic E-state index is 11.7. The smallest absolute Gasteiger partial charge is 0.287 e. The molecule has 0 aliphatic carbocycles. The van der Waals surface area contributed by atoms with E-state index in [2.05, 4.69) is 0 Å². The third-order valence-electron chi connectivity index (χ3n) is 1.49. The average Bonchev–Trinajstić information content (AvgIpc) is 2.00. The van der Waals surface area contributed by atoms with E-state index in [0.29, 0.717) is 0 Å². The van der Waals surface area contributed by atoms with Gasteiger partial charge in [-0.2, -0.15) is 8.42 Å². The van der Waals surface area contributed by atoms with E-state index >= 15 is 0 Å². The number of phenols is 1. The second-order valence-electron chi connectivity index (χ2n) is 4.14. The van der Waals surface area contributed by atoms with Crippen LogP contribution in [0.5, 0.6) is 5.75 Å².